The van der Waals surface area contributed by atoms with Crippen molar-refractivity contribution in [3.05, 3.63) is 63.6 Å². The smallest absolute Gasteiger partial charge is 0.124 e. The molecular formula is C14H11Cl3O. The molecule has 0 saturated heterocycles. The van der Waals surface area contributed by atoms with Gasteiger partial charge in [-0.1, -0.05) is 41.4 Å². The lowest BCUT2D eigenvalue weighted by Crippen LogP contribution is -1.98. The molecule has 0 unspecified atom stereocenters. The van der Waals surface area contributed by atoms with E-state index in [4.69, 9.17) is 39.5 Å². The largest absolute Gasteiger partial charge is 0.489 e. The number of rotatable bonds is 4. The van der Waals surface area contributed by atoms with E-state index in [1.165, 1.54) is 0 Å². The number of benzene rings is 2. The molecule has 0 amide bonds. The Morgan fingerprint density at radius 2 is 1.72 bits per heavy atom. The second-order valence-electron chi connectivity index (χ2n) is 3.77. The maximum atomic E-state index is 6.06. The van der Waals surface area contributed by atoms with Crippen LogP contribution in [0.25, 0.3) is 0 Å². The minimum atomic E-state index is 0.360. The average Bonchev–Trinajstić information content (AvgIpc) is 2.39. The van der Waals surface area contributed by atoms with E-state index < -0.39 is 0 Å². The highest BCUT2D eigenvalue weighted by Gasteiger charge is 2.05. The number of hydrogen-bond donors (Lipinski definition) is 0. The van der Waals surface area contributed by atoms with Crippen LogP contribution in [-0.2, 0) is 12.5 Å². The van der Waals surface area contributed by atoms with Gasteiger partial charge in [-0.05, 0) is 24.3 Å². The highest BCUT2D eigenvalue weighted by atomic mass is 35.5. The third kappa shape index (κ3) is 3.32. The molecule has 2 aromatic carbocycles. The van der Waals surface area contributed by atoms with Crippen molar-refractivity contribution in [2.45, 2.75) is 12.5 Å². The molecule has 2 rings (SSSR count). The van der Waals surface area contributed by atoms with Gasteiger partial charge in [0.2, 0.25) is 0 Å². The monoisotopic (exact) mass is 300 g/mol. The molecule has 0 heterocycles. The quantitative estimate of drug-likeness (QED) is 0.695. The first-order chi connectivity index (χ1) is 8.70. The second-order valence-corrected chi connectivity index (χ2v) is 4.88. The van der Waals surface area contributed by atoms with Crippen molar-refractivity contribution in [2.75, 3.05) is 0 Å². The lowest BCUT2D eigenvalue weighted by atomic mass is 10.2. The van der Waals surface area contributed by atoms with Crippen LogP contribution < -0.4 is 4.74 Å². The normalized spacial score (nSPS) is 10.4. The number of alkyl halides is 1. The van der Waals surface area contributed by atoms with Gasteiger partial charge in [0.25, 0.3) is 0 Å². The Morgan fingerprint density at radius 1 is 0.944 bits per heavy atom. The molecule has 4 heteroatoms. The summed E-state index contributed by atoms with van der Waals surface area (Å²) in [6.45, 7) is 0.408. The maximum Gasteiger partial charge on any atom is 0.124 e. The summed E-state index contributed by atoms with van der Waals surface area (Å²) < 4.78 is 5.72. The number of halogens is 3. The summed E-state index contributed by atoms with van der Waals surface area (Å²) >= 11 is 17.8. The Hall–Kier alpha value is -0.890. The van der Waals surface area contributed by atoms with Gasteiger partial charge in [0.15, 0.2) is 0 Å². The molecule has 1 nitrogen and oxygen atoms in total. The fourth-order valence-corrected chi connectivity index (χ4v) is 2.16. The van der Waals surface area contributed by atoms with E-state index in [0.29, 0.717) is 22.5 Å². The number of hydrogen-bond acceptors (Lipinski definition) is 1. The summed E-state index contributed by atoms with van der Waals surface area (Å²) in [6, 6.07) is 13.0. The molecule has 18 heavy (non-hydrogen) atoms. The molecule has 0 fully saturated rings. The number of ether oxygens (including phenoxy) is 1. The van der Waals surface area contributed by atoms with Crippen LogP contribution in [-0.4, -0.2) is 0 Å². The van der Waals surface area contributed by atoms with Gasteiger partial charge < -0.3 is 4.74 Å². The maximum absolute atomic E-state index is 6.06. The Balaban J connectivity index is 2.13. The van der Waals surface area contributed by atoms with Crippen molar-refractivity contribution in [3.63, 3.8) is 0 Å². The zero-order valence-corrected chi connectivity index (χ0v) is 11.8. The molecule has 0 aliphatic heterocycles. The summed E-state index contributed by atoms with van der Waals surface area (Å²) in [5.74, 6) is 1.09. The van der Waals surface area contributed by atoms with Crippen molar-refractivity contribution in [1.29, 1.82) is 0 Å². The van der Waals surface area contributed by atoms with E-state index in [1.807, 2.05) is 30.3 Å². The molecule has 0 saturated carbocycles. The molecular weight excluding hydrogens is 291 g/mol. The van der Waals surface area contributed by atoms with E-state index in [2.05, 4.69) is 0 Å². The minimum Gasteiger partial charge on any atom is -0.489 e. The van der Waals surface area contributed by atoms with Crippen LogP contribution >= 0.6 is 34.8 Å². The van der Waals surface area contributed by atoms with Crippen LogP contribution in [0.3, 0.4) is 0 Å². The molecule has 0 spiro atoms. The average molecular weight is 302 g/mol. The van der Waals surface area contributed by atoms with Crippen LogP contribution in [0.4, 0.5) is 0 Å². The summed E-state index contributed by atoms with van der Waals surface area (Å²) in [7, 11) is 0. The van der Waals surface area contributed by atoms with Crippen LogP contribution in [0.15, 0.2) is 42.5 Å². The molecule has 0 N–H and O–H groups in total. The molecule has 0 aliphatic rings. The van der Waals surface area contributed by atoms with E-state index in [0.717, 1.165) is 16.9 Å². The molecule has 0 atom stereocenters. The van der Waals surface area contributed by atoms with Gasteiger partial charge in [-0.25, -0.2) is 0 Å². The molecule has 0 radical (unpaired) electrons. The standard InChI is InChI=1S/C14H11Cl3O/c15-8-11-7-12(16)5-6-14(11)18-9-10-3-1-2-4-13(10)17/h1-7H,8-9H2. The summed E-state index contributed by atoms with van der Waals surface area (Å²) in [6.07, 6.45) is 0. The first-order valence-electron chi connectivity index (χ1n) is 5.41. The fourth-order valence-electron chi connectivity index (χ4n) is 1.56. The molecule has 94 valence electrons. The minimum absolute atomic E-state index is 0.360. The first kappa shape index (κ1) is 13.5. The Kier molecular flexibility index (Phi) is 4.76. The topological polar surface area (TPSA) is 9.23 Å². The highest BCUT2D eigenvalue weighted by Crippen LogP contribution is 2.26. The van der Waals surface area contributed by atoms with Crippen molar-refractivity contribution < 1.29 is 4.74 Å². The first-order valence-corrected chi connectivity index (χ1v) is 6.70. The molecule has 0 aromatic heterocycles. The SMILES string of the molecule is ClCc1cc(Cl)ccc1OCc1ccccc1Cl. The van der Waals surface area contributed by atoms with Crippen molar-refractivity contribution >= 4 is 34.8 Å². The van der Waals surface area contributed by atoms with Gasteiger partial charge in [-0.3, -0.25) is 0 Å². The third-order valence-corrected chi connectivity index (χ3v) is 3.40. The Labute approximate surface area is 121 Å². The van der Waals surface area contributed by atoms with Crippen LogP contribution in [0.2, 0.25) is 10.0 Å². The van der Waals surface area contributed by atoms with E-state index in [9.17, 15) is 0 Å². The van der Waals surface area contributed by atoms with Crippen molar-refractivity contribution in [3.8, 4) is 5.75 Å². The van der Waals surface area contributed by atoms with E-state index in [1.54, 1.807) is 12.1 Å². The van der Waals surface area contributed by atoms with E-state index in [-0.39, 0.29) is 0 Å². The van der Waals surface area contributed by atoms with Gasteiger partial charge in [0.1, 0.15) is 12.4 Å². The molecule has 2 aromatic rings. The van der Waals surface area contributed by atoms with Crippen molar-refractivity contribution in [2.24, 2.45) is 0 Å². The second kappa shape index (κ2) is 6.33. The summed E-state index contributed by atoms with van der Waals surface area (Å²) in [5, 5.41) is 1.34. The van der Waals surface area contributed by atoms with Gasteiger partial charge in [-0.2, -0.15) is 0 Å². The highest BCUT2D eigenvalue weighted by molar-refractivity contribution is 6.31. The fraction of sp³-hybridized carbons (Fsp3) is 0.143. The van der Waals surface area contributed by atoms with Gasteiger partial charge in [-0.15, -0.1) is 11.6 Å². The van der Waals surface area contributed by atoms with Crippen molar-refractivity contribution in [1.82, 2.24) is 0 Å². The third-order valence-electron chi connectivity index (χ3n) is 2.51. The predicted molar refractivity (Wildman–Crippen MR) is 76.8 cm³/mol. The zero-order valence-electron chi connectivity index (χ0n) is 9.50. The summed E-state index contributed by atoms with van der Waals surface area (Å²) in [5.41, 5.74) is 1.81. The summed E-state index contributed by atoms with van der Waals surface area (Å²) in [4.78, 5) is 0. The lowest BCUT2D eigenvalue weighted by Gasteiger charge is -2.11. The van der Waals surface area contributed by atoms with Gasteiger partial charge in [0, 0.05) is 21.2 Å². The van der Waals surface area contributed by atoms with E-state index >= 15 is 0 Å². The van der Waals surface area contributed by atoms with Crippen LogP contribution in [0.5, 0.6) is 5.75 Å². The van der Waals surface area contributed by atoms with Crippen LogP contribution in [0, 0.1) is 0 Å². The Bertz CT molecular complexity index is 540. The molecule has 0 aliphatic carbocycles. The van der Waals surface area contributed by atoms with Gasteiger partial charge in [0.05, 0.1) is 5.88 Å². The molecule has 0 bridgehead atoms. The van der Waals surface area contributed by atoms with Crippen LogP contribution in [0.1, 0.15) is 11.1 Å². The van der Waals surface area contributed by atoms with Gasteiger partial charge >= 0.3 is 0 Å². The lowest BCUT2D eigenvalue weighted by molar-refractivity contribution is 0.304. The predicted octanol–water partition coefficient (Wildman–Crippen LogP) is 5.31. The Morgan fingerprint density at radius 3 is 2.44 bits per heavy atom. The zero-order chi connectivity index (χ0) is 13.0.